The van der Waals surface area contributed by atoms with Crippen LogP contribution in [0, 0.1) is 10.1 Å². The summed E-state index contributed by atoms with van der Waals surface area (Å²) in [5.41, 5.74) is 0.328. The lowest BCUT2D eigenvalue weighted by atomic mass is 10.1. The van der Waals surface area contributed by atoms with Gasteiger partial charge < -0.3 is 10.4 Å². The number of phenolic OH excluding ortho intramolecular Hbond substituents is 1. The fraction of sp³-hybridized carbons (Fsp3) is 0.214. The SMILES string of the molecule is CCCC(=O)Nc1ccc(C(=O)Nc2ncc([N+](=O)[O-])s2)c(O)c1. The van der Waals surface area contributed by atoms with Crippen LogP contribution >= 0.6 is 11.3 Å². The fourth-order valence-corrected chi connectivity index (χ4v) is 2.45. The van der Waals surface area contributed by atoms with E-state index in [1.165, 1.54) is 18.2 Å². The highest BCUT2D eigenvalue weighted by molar-refractivity contribution is 7.18. The van der Waals surface area contributed by atoms with E-state index in [0.29, 0.717) is 29.9 Å². The zero-order chi connectivity index (χ0) is 17.7. The van der Waals surface area contributed by atoms with Crippen LogP contribution in [-0.2, 0) is 4.79 Å². The number of amides is 2. The molecule has 0 aliphatic carbocycles. The van der Waals surface area contributed by atoms with Gasteiger partial charge in [-0.3, -0.25) is 25.0 Å². The van der Waals surface area contributed by atoms with E-state index in [9.17, 15) is 24.8 Å². The third-order valence-electron chi connectivity index (χ3n) is 2.90. The third-order valence-corrected chi connectivity index (χ3v) is 3.76. The molecule has 1 heterocycles. The van der Waals surface area contributed by atoms with Crippen molar-refractivity contribution in [2.24, 2.45) is 0 Å². The molecule has 0 aliphatic rings. The van der Waals surface area contributed by atoms with Gasteiger partial charge in [0, 0.05) is 18.2 Å². The summed E-state index contributed by atoms with van der Waals surface area (Å²) >= 11 is 0.706. The first-order valence-corrected chi connectivity index (χ1v) is 7.76. The number of carbonyl (C=O) groups excluding carboxylic acids is 2. The van der Waals surface area contributed by atoms with E-state index >= 15 is 0 Å². The van der Waals surface area contributed by atoms with Gasteiger partial charge in [-0.15, -0.1) is 0 Å². The quantitative estimate of drug-likeness (QED) is 0.541. The number of aromatic nitrogens is 1. The van der Waals surface area contributed by atoms with Crippen LogP contribution in [0.1, 0.15) is 30.1 Å². The number of benzene rings is 1. The van der Waals surface area contributed by atoms with E-state index in [2.05, 4.69) is 15.6 Å². The molecule has 0 saturated carbocycles. The number of phenols is 1. The molecule has 1 aromatic heterocycles. The van der Waals surface area contributed by atoms with Gasteiger partial charge in [0.15, 0.2) is 5.13 Å². The molecule has 0 unspecified atom stereocenters. The maximum Gasteiger partial charge on any atom is 0.345 e. The smallest absolute Gasteiger partial charge is 0.345 e. The zero-order valence-electron chi connectivity index (χ0n) is 12.6. The van der Waals surface area contributed by atoms with E-state index in [1.807, 2.05) is 6.92 Å². The summed E-state index contributed by atoms with van der Waals surface area (Å²) in [7, 11) is 0. The largest absolute Gasteiger partial charge is 0.507 e. The molecule has 0 saturated heterocycles. The molecule has 1 aromatic carbocycles. The summed E-state index contributed by atoms with van der Waals surface area (Å²) in [6.07, 6.45) is 2.08. The summed E-state index contributed by atoms with van der Waals surface area (Å²) in [6.45, 7) is 1.87. The molecule has 0 bridgehead atoms. The lowest BCUT2D eigenvalue weighted by Crippen LogP contribution is -2.13. The molecule has 0 aliphatic heterocycles. The second-order valence-electron chi connectivity index (χ2n) is 4.74. The summed E-state index contributed by atoms with van der Waals surface area (Å²) in [6, 6.07) is 4.08. The van der Waals surface area contributed by atoms with Crippen molar-refractivity contribution in [3.8, 4) is 5.75 Å². The minimum absolute atomic E-state index is 0.0404. The number of carbonyl (C=O) groups is 2. The maximum absolute atomic E-state index is 12.1. The van der Waals surface area contributed by atoms with Crippen LogP contribution < -0.4 is 10.6 Å². The molecule has 9 nitrogen and oxygen atoms in total. The van der Waals surface area contributed by atoms with Crippen LogP contribution in [0.25, 0.3) is 0 Å². The Labute approximate surface area is 140 Å². The van der Waals surface area contributed by atoms with Gasteiger partial charge in [-0.25, -0.2) is 4.98 Å². The first-order chi connectivity index (χ1) is 11.4. The standard InChI is InChI=1S/C14H14N4O5S/c1-2-3-11(20)16-8-4-5-9(10(19)6-8)13(21)17-14-15-7-12(24-14)18(22)23/h4-7,19H,2-3H2,1H3,(H,16,20)(H,15,17,21). The maximum atomic E-state index is 12.1. The Balaban J connectivity index is 2.09. The van der Waals surface area contributed by atoms with Crippen molar-refractivity contribution in [1.82, 2.24) is 4.98 Å². The number of aromatic hydroxyl groups is 1. The topological polar surface area (TPSA) is 134 Å². The zero-order valence-corrected chi connectivity index (χ0v) is 13.4. The van der Waals surface area contributed by atoms with E-state index in [1.54, 1.807) is 0 Å². The van der Waals surface area contributed by atoms with Gasteiger partial charge in [0.05, 0.1) is 10.5 Å². The summed E-state index contributed by atoms with van der Waals surface area (Å²) in [4.78, 5) is 37.3. The van der Waals surface area contributed by atoms with Crippen molar-refractivity contribution in [2.45, 2.75) is 19.8 Å². The van der Waals surface area contributed by atoms with Crippen molar-refractivity contribution < 1.29 is 19.6 Å². The van der Waals surface area contributed by atoms with Gasteiger partial charge in [-0.2, -0.15) is 0 Å². The normalized spacial score (nSPS) is 10.2. The first kappa shape index (κ1) is 17.3. The Kier molecular flexibility index (Phi) is 5.42. The minimum atomic E-state index is -0.664. The number of hydrogen-bond acceptors (Lipinski definition) is 7. The number of anilines is 2. The van der Waals surface area contributed by atoms with Crippen LogP contribution in [0.5, 0.6) is 5.75 Å². The highest BCUT2D eigenvalue weighted by atomic mass is 32.1. The second kappa shape index (κ2) is 7.51. The average molecular weight is 350 g/mol. The molecule has 0 fully saturated rings. The number of nitrogens with zero attached hydrogens (tertiary/aromatic N) is 2. The van der Waals surface area contributed by atoms with Crippen LogP contribution in [0.3, 0.4) is 0 Å². The van der Waals surface area contributed by atoms with E-state index in [-0.39, 0.29) is 27.4 Å². The predicted molar refractivity (Wildman–Crippen MR) is 88.4 cm³/mol. The molecule has 10 heteroatoms. The number of nitrogens with one attached hydrogen (secondary N) is 2. The summed E-state index contributed by atoms with van der Waals surface area (Å²) in [5.74, 6) is -1.18. The van der Waals surface area contributed by atoms with Crippen molar-refractivity contribution in [3.05, 3.63) is 40.1 Å². The van der Waals surface area contributed by atoms with E-state index < -0.39 is 10.8 Å². The van der Waals surface area contributed by atoms with Crippen molar-refractivity contribution >= 4 is 39.0 Å². The molecule has 2 amide bonds. The highest BCUT2D eigenvalue weighted by Gasteiger charge is 2.17. The predicted octanol–water partition coefficient (Wildman–Crippen LogP) is 2.75. The molecule has 3 N–H and O–H groups in total. The number of rotatable bonds is 6. The monoisotopic (exact) mass is 350 g/mol. The van der Waals surface area contributed by atoms with Crippen molar-refractivity contribution in [3.63, 3.8) is 0 Å². The molecular formula is C14H14N4O5S. The molecule has 24 heavy (non-hydrogen) atoms. The fourth-order valence-electron chi connectivity index (χ4n) is 1.82. The van der Waals surface area contributed by atoms with Gasteiger partial charge >= 0.3 is 5.00 Å². The van der Waals surface area contributed by atoms with Gasteiger partial charge in [-0.1, -0.05) is 6.92 Å². The van der Waals surface area contributed by atoms with Gasteiger partial charge in [0.2, 0.25) is 5.91 Å². The second-order valence-corrected chi connectivity index (χ2v) is 5.75. The summed E-state index contributed by atoms with van der Waals surface area (Å²) in [5, 5.41) is 25.3. The Bertz CT molecular complexity index is 789. The van der Waals surface area contributed by atoms with Crippen LogP contribution in [0.4, 0.5) is 15.8 Å². The molecule has 2 rings (SSSR count). The Morgan fingerprint density at radius 3 is 2.71 bits per heavy atom. The van der Waals surface area contributed by atoms with Crippen LogP contribution in [0.15, 0.2) is 24.4 Å². The number of thiazole rings is 1. The van der Waals surface area contributed by atoms with Gasteiger partial charge in [0.25, 0.3) is 5.91 Å². The molecule has 0 atom stereocenters. The number of nitro groups is 1. The highest BCUT2D eigenvalue weighted by Crippen LogP contribution is 2.27. The Morgan fingerprint density at radius 1 is 1.38 bits per heavy atom. The average Bonchev–Trinajstić information content (AvgIpc) is 2.96. The van der Waals surface area contributed by atoms with Gasteiger partial charge in [-0.05, 0) is 29.9 Å². The van der Waals surface area contributed by atoms with Crippen LogP contribution in [0.2, 0.25) is 0 Å². The van der Waals surface area contributed by atoms with E-state index in [0.717, 1.165) is 6.20 Å². The molecule has 2 aromatic rings. The lowest BCUT2D eigenvalue weighted by Gasteiger charge is -2.08. The third kappa shape index (κ3) is 4.26. The first-order valence-electron chi connectivity index (χ1n) is 6.95. The minimum Gasteiger partial charge on any atom is -0.507 e. The Hall–Kier alpha value is -3.01. The molecular weight excluding hydrogens is 336 g/mol. The van der Waals surface area contributed by atoms with Crippen molar-refractivity contribution in [1.29, 1.82) is 0 Å². The van der Waals surface area contributed by atoms with Crippen LogP contribution in [-0.4, -0.2) is 26.8 Å². The number of hydrogen-bond donors (Lipinski definition) is 3. The Morgan fingerprint density at radius 2 is 2.12 bits per heavy atom. The molecule has 126 valence electrons. The molecule has 0 spiro atoms. The van der Waals surface area contributed by atoms with Crippen molar-refractivity contribution in [2.75, 3.05) is 10.6 Å². The molecule has 0 radical (unpaired) electrons. The lowest BCUT2D eigenvalue weighted by molar-refractivity contribution is -0.380. The summed E-state index contributed by atoms with van der Waals surface area (Å²) < 4.78 is 0. The van der Waals surface area contributed by atoms with E-state index in [4.69, 9.17) is 0 Å². The van der Waals surface area contributed by atoms with Gasteiger partial charge in [0.1, 0.15) is 11.9 Å².